The van der Waals surface area contributed by atoms with Crippen LogP contribution in [0.15, 0.2) is 0 Å². The Labute approximate surface area is 108 Å². The van der Waals surface area contributed by atoms with Gasteiger partial charge in [0, 0.05) is 32.0 Å². The van der Waals surface area contributed by atoms with E-state index in [2.05, 4.69) is 5.32 Å². The molecule has 1 amide bonds. The van der Waals surface area contributed by atoms with Crippen LogP contribution in [0.5, 0.6) is 0 Å². The van der Waals surface area contributed by atoms with Crippen molar-refractivity contribution in [2.75, 3.05) is 37.7 Å². The van der Waals surface area contributed by atoms with E-state index in [4.69, 9.17) is 5.11 Å². The van der Waals surface area contributed by atoms with Gasteiger partial charge in [0.2, 0.25) is 5.91 Å². The summed E-state index contributed by atoms with van der Waals surface area (Å²) in [6.45, 7) is 4.92. The molecule has 0 saturated carbocycles. The minimum Gasteiger partial charge on any atom is -0.396 e. The minimum atomic E-state index is -0.0634. The lowest BCUT2D eigenvalue weighted by Crippen LogP contribution is -2.44. The quantitative estimate of drug-likeness (QED) is 0.631. The number of rotatable bonds is 8. The van der Waals surface area contributed by atoms with Crippen LogP contribution in [0.25, 0.3) is 0 Å². The van der Waals surface area contributed by atoms with Crippen molar-refractivity contribution in [3.63, 3.8) is 0 Å². The smallest absolute Gasteiger partial charge is 0.239 e. The van der Waals surface area contributed by atoms with E-state index in [1.54, 1.807) is 0 Å². The number of amides is 1. The first kappa shape index (κ1) is 14.8. The highest BCUT2D eigenvalue weighted by atomic mass is 32.2. The molecule has 1 aliphatic rings. The SMILES string of the molecule is CC(NCCSCCCO)C(=O)N1CCCC1. The van der Waals surface area contributed by atoms with Crippen molar-refractivity contribution < 1.29 is 9.90 Å². The molecule has 17 heavy (non-hydrogen) atoms. The maximum atomic E-state index is 11.9. The summed E-state index contributed by atoms with van der Waals surface area (Å²) < 4.78 is 0. The van der Waals surface area contributed by atoms with Gasteiger partial charge in [0.25, 0.3) is 0 Å². The zero-order valence-corrected chi connectivity index (χ0v) is 11.5. The lowest BCUT2D eigenvalue weighted by atomic mass is 10.3. The van der Waals surface area contributed by atoms with Crippen molar-refractivity contribution in [2.24, 2.45) is 0 Å². The van der Waals surface area contributed by atoms with Gasteiger partial charge in [-0.15, -0.1) is 0 Å². The Hall–Kier alpha value is -0.260. The maximum Gasteiger partial charge on any atom is 0.239 e. The Balaban J connectivity index is 2.03. The number of carbonyl (C=O) groups is 1. The Bertz CT molecular complexity index is 221. The Morgan fingerprint density at radius 1 is 1.41 bits per heavy atom. The highest BCUT2D eigenvalue weighted by Gasteiger charge is 2.22. The molecule has 1 unspecified atom stereocenters. The number of carbonyl (C=O) groups excluding carboxylic acids is 1. The zero-order valence-electron chi connectivity index (χ0n) is 10.7. The molecule has 100 valence electrons. The number of likely N-dealkylation sites (tertiary alicyclic amines) is 1. The first-order valence-corrected chi connectivity index (χ1v) is 7.62. The molecule has 1 saturated heterocycles. The van der Waals surface area contributed by atoms with Crippen LogP contribution in [0.3, 0.4) is 0 Å². The molecule has 0 aromatic rings. The monoisotopic (exact) mass is 260 g/mol. The number of nitrogens with one attached hydrogen (secondary N) is 1. The van der Waals surface area contributed by atoms with E-state index >= 15 is 0 Å². The summed E-state index contributed by atoms with van der Waals surface area (Å²) in [6, 6.07) is -0.0634. The molecule has 0 aliphatic carbocycles. The molecule has 1 atom stereocenters. The summed E-state index contributed by atoms with van der Waals surface area (Å²) in [5.74, 6) is 2.23. The summed E-state index contributed by atoms with van der Waals surface area (Å²) >= 11 is 1.82. The molecule has 0 aromatic carbocycles. The number of hydrogen-bond acceptors (Lipinski definition) is 4. The first-order valence-electron chi connectivity index (χ1n) is 6.46. The summed E-state index contributed by atoms with van der Waals surface area (Å²) in [6.07, 6.45) is 3.15. The molecular formula is C12H24N2O2S. The number of hydrogen-bond donors (Lipinski definition) is 2. The van der Waals surface area contributed by atoms with Gasteiger partial charge in [-0.25, -0.2) is 0 Å². The van der Waals surface area contributed by atoms with E-state index in [9.17, 15) is 4.79 Å². The molecule has 0 aromatic heterocycles. The van der Waals surface area contributed by atoms with Crippen molar-refractivity contribution in [1.82, 2.24) is 10.2 Å². The molecule has 1 heterocycles. The molecule has 0 bridgehead atoms. The second-order valence-corrected chi connectivity index (χ2v) is 5.62. The molecule has 5 heteroatoms. The van der Waals surface area contributed by atoms with E-state index < -0.39 is 0 Å². The average Bonchev–Trinajstić information content (AvgIpc) is 2.86. The molecule has 2 N–H and O–H groups in total. The van der Waals surface area contributed by atoms with Gasteiger partial charge < -0.3 is 15.3 Å². The third-order valence-electron chi connectivity index (χ3n) is 2.93. The van der Waals surface area contributed by atoms with Gasteiger partial charge in [-0.05, 0) is 31.9 Å². The van der Waals surface area contributed by atoms with E-state index in [0.29, 0.717) is 0 Å². The standard InChI is InChI=1S/C12H24N2O2S/c1-11(12(16)14-6-2-3-7-14)13-5-10-17-9-4-8-15/h11,13,15H,2-10H2,1H3. The molecule has 1 fully saturated rings. The van der Waals surface area contributed by atoms with E-state index in [1.165, 1.54) is 0 Å². The van der Waals surface area contributed by atoms with Crippen LogP contribution in [-0.4, -0.2) is 59.7 Å². The molecule has 4 nitrogen and oxygen atoms in total. The van der Waals surface area contributed by atoms with Crippen molar-refractivity contribution in [3.8, 4) is 0 Å². The van der Waals surface area contributed by atoms with Crippen molar-refractivity contribution in [3.05, 3.63) is 0 Å². The molecule has 0 spiro atoms. The van der Waals surface area contributed by atoms with Gasteiger partial charge in [-0.3, -0.25) is 4.79 Å². The zero-order chi connectivity index (χ0) is 12.5. The molecule has 1 rings (SSSR count). The van der Waals surface area contributed by atoms with Gasteiger partial charge in [-0.1, -0.05) is 0 Å². The van der Waals surface area contributed by atoms with Gasteiger partial charge in [-0.2, -0.15) is 11.8 Å². The van der Waals surface area contributed by atoms with Gasteiger partial charge in [0.15, 0.2) is 0 Å². The predicted octanol–water partition coefficient (Wildman–Crippen LogP) is 0.702. The van der Waals surface area contributed by atoms with Crippen LogP contribution >= 0.6 is 11.8 Å². The maximum absolute atomic E-state index is 11.9. The van der Waals surface area contributed by atoms with E-state index in [1.807, 2.05) is 23.6 Å². The Morgan fingerprint density at radius 2 is 2.12 bits per heavy atom. The Morgan fingerprint density at radius 3 is 2.76 bits per heavy atom. The average molecular weight is 260 g/mol. The largest absolute Gasteiger partial charge is 0.396 e. The second kappa shape index (κ2) is 8.78. The van der Waals surface area contributed by atoms with Crippen LogP contribution in [-0.2, 0) is 4.79 Å². The van der Waals surface area contributed by atoms with Crippen molar-refractivity contribution >= 4 is 17.7 Å². The van der Waals surface area contributed by atoms with Gasteiger partial charge >= 0.3 is 0 Å². The van der Waals surface area contributed by atoms with Crippen LogP contribution in [0.2, 0.25) is 0 Å². The fourth-order valence-electron chi connectivity index (χ4n) is 1.91. The summed E-state index contributed by atoms with van der Waals surface area (Å²) in [4.78, 5) is 13.9. The fraction of sp³-hybridized carbons (Fsp3) is 0.917. The lowest BCUT2D eigenvalue weighted by molar-refractivity contribution is -0.131. The summed E-state index contributed by atoms with van der Waals surface area (Å²) in [7, 11) is 0. The van der Waals surface area contributed by atoms with E-state index in [-0.39, 0.29) is 18.6 Å². The third-order valence-corrected chi connectivity index (χ3v) is 4.00. The number of aliphatic hydroxyl groups excluding tert-OH is 1. The lowest BCUT2D eigenvalue weighted by Gasteiger charge is -2.21. The van der Waals surface area contributed by atoms with Crippen LogP contribution < -0.4 is 5.32 Å². The number of aliphatic hydroxyl groups is 1. The molecule has 0 radical (unpaired) electrons. The molecule has 1 aliphatic heterocycles. The van der Waals surface area contributed by atoms with Crippen LogP contribution in [0, 0.1) is 0 Å². The topological polar surface area (TPSA) is 52.6 Å². The fourth-order valence-corrected chi connectivity index (χ4v) is 2.71. The normalized spacial score (nSPS) is 17.4. The first-order chi connectivity index (χ1) is 8.25. The third kappa shape index (κ3) is 5.75. The number of nitrogens with zero attached hydrogens (tertiary/aromatic N) is 1. The van der Waals surface area contributed by atoms with Crippen molar-refractivity contribution in [1.29, 1.82) is 0 Å². The van der Waals surface area contributed by atoms with Crippen LogP contribution in [0.1, 0.15) is 26.2 Å². The second-order valence-electron chi connectivity index (χ2n) is 4.40. The molecular weight excluding hydrogens is 236 g/mol. The van der Waals surface area contributed by atoms with Crippen molar-refractivity contribution in [2.45, 2.75) is 32.2 Å². The van der Waals surface area contributed by atoms with E-state index in [0.717, 1.165) is 50.4 Å². The van der Waals surface area contributed by atoms with Gasteiger partial charge in [0.1, 0.15) is 0 Å². The predicted molar refractivity (Wildman–Crippen MR) is 72.3 cm³/mol. The Kier molecular flexibility index (Phi) is 7.64. The number of thioether (sulfide) groups is 1. The van der Waals surface area contributed by atoms with Crippen LogP contribution in [0.4, 0.5) is 0 Å². The minimum absolute atomic E-state index is 0.0634. The van der Waals surface area contributed by atoms with Gasteiger partial charge in [0.05, 0.1) is 6.04 Å². The summed E-state index contributed by atoms with van der Waals surface area (Å²) in [5, 5.41) is 11.9. The highest BCUT2D eigenvalue weighted by molar-refractivity contribution is 7.99. The summed E-state index contributed by atoms with van der Waals surface area (Å²) in [5.41, 5.74) is 0. The highest BCUT2D eigenvalue weighted by Crippen LogP contribution is 2.09.